The first-order chi connectivity index (χ1) is 5.71. The largest absolute Gasteiger partial charge is 0.504 e. The van der Waals surface area contributed by atoms with Gasteiger partial charge < -0.3 is 5.11 Å². The molecule has 0 amide bonds. The lowest BCUT2D eigenvalue weighted by Gasteiger charge is -2.01. The molecule has 0 saturated carbocycles. The Morgan fingerprint density at radius 3 is 2.25 bits per heavy atom. The van der Waals surface area contributed by atoms with Crippen LogP contribution >= 0.6 is 0 Å². The maximum absolute atomic E-state index is 11.7. The van der Waals surface area contributed by atoms with Crippen molar-refractivity contribution < 1.29 is 14.6 Å². The molecule has 12 heavy (non-hydrogen) atoms. The summed E-state index contributed by atoms with van der Waals surface area (Å²) in [5, 5.41) is 9.27. The maximum Gasteiger partial charge on any atom is 0.213 e. The molecular formula is C9H11FO2. The molecule has 2 nitrogen and oxygen atoms in total. The van der Waals surface area contributed by atoms with E-state index in [9.17, 15) is 9.63 Å². The summed E-state index contributed by atoms with van der Waals surface area (Å²) in [5.74, 6) is -0.631. The summed E-state index contributed by atoms with van der Waals surface area (Å²) in [6.07, 6.45) is 4.03. The third kappa shape index (κ3) is 2.27. The van der Waals surface area contributed by atoms with E-state index in [4.69, 9.17) is 0 Å². The Morgan fingerprint density at radius 1 is 1.42 bits per heavy atom. The van der Waals surface area contributed by atoms with E-state index in [1.807, 2.05) is 0 Å². The summed E-state index contributed by atoms with van der Waals surface area (Å²) in [5.41, 5.74) is 0.391. The van der Waals surface area contributed by atoms with E-state index in [0.717, 1.165) is 6.08 Å². The van der Waals surface area contributed by atoms with Gasteiger partial charge in [0.2, 0.25) is 5.76 Å². The minimum atomic E-state index is -0.317. The average molecular weight is 170 g/mol. The predicted molar refractivity (Wildman–Crippen MR) is 46.0 cm³/mol. The highest BCUT2D eigenvalue weighted by Crippen LogP contribution is 2.14. The molecule has 66 valence electrons. The van der Waals surface area contributed by atoms with Crippen molar-refractivity contribution in [3.63, 3.8) is 0 Å². The Kier molecular flexibility index (Phi) is 4.53. The van der Waals surface area contributed by atoms with E-state index in [1.54, 1.807) is 13.0 Å². The predicted octanol–water partition coefficient (Wildman–Crippen LogP) is 2.98. The minimum absolute atomic E-state index is 0.315. The van der Waals surface area contributed by atoms with Crippen LogP contribution in [0.25, 0.3) is 0 Å². The number of aliphatic hydroxyl groups excluding tert-OH is 1. The highest BCUT2D eigenvalue weighted by Gasteiger charge is 2.06. The first-order valence-corrected chi connectivity index (χ1v) is 3.34. The van der Waals surface area contributed by atoms with Crippen LogP contribution in [-0.4, -0.2) is 5.11 Å². The lowest BCUT2D eigenvalue weighted by molar-refractivity contribution is -0.0808. The quantitative estimate of drug-likeness (QED) is 0.519. The van der Waals surface area contributed by atoms with Gasteiger partial charge in [-0.05, 0) is 13.0 Å². The third-order valence-electron chi connectivity index (χ3n) is 1.31. The second-order valence-electron chi connectivity index (χ2n) is 1.94. The first-order valence-electron chi connectivity index (χ1n) is 3.34. The fourth-order valence-corrected chi connectivity index (χ4v) is 0.658. The molecule has 0 aliphatic heterocycles. The fourth-order valence-electron chi connectivity index (χ4n) is 0.658. The van der Waals surface area contributed by atoms with Gasteiger partial charge in [-0.1, -0.05) is 25.3 Å². The second kappa shape index (κ2) is 5.18. The van der Waals surface area contributed by atoms with Gasteiger partial charge in [0, 0.05) is 10.1 Å². The Hall–Kier alpha value is -1.51. The van der Waals surface area contributed by atoms with Crippen LogP contribution in [0.2, 0.25) is 0 Å². The Morgan fingerprint density at radius 2 is 2.00 bits per heavy atom. The van der Waals surface area contributed by atoms with Crippen LogP contribution in [-0.2, 0) is 4.94 Å². The Labute approximate surface area is 70.9 Å². The van der Waals surface area contributed by atoms with Gasteiger partial charge in [-0.25, -0.2) is 0 Å². The van der Waals surface area contributed by atoms with Crippen molar-refractivity contribution in [1.29, 1.82) is 0 Å². The van der Waals surface area contributed by atoms with E-state index >= 15 is 0 Å². The molecule has 0 aromatic carbocycles. The van der Waals surface area contributed by atoms with Crippen molar-refractivity contribution in [2.24, 2.45) is 0 Å². The molecule has 0 radical (unpaired) electrons. The Balaban J connectivity index is 4.96. The normalized spacial score (nSPS) is 13.3. The van der Waals surface area contributed by atoms with Crippen LogP contribution in [0.4, 0.5) is 4.53 Å². The summed E-state index contributed by atoms with van der Waals surface area (Å²) < 4.78 is 11.7. The van der Waals surface area contributed by atoms with Crippen molar-refractivity contribution in [3.8, 4) is 0 Å². The zero-order valence-corrected chi connectivity index (χ0v) is 6.88. The summed E-state index contributed by atoms with van der Waals surface area (Å²) in [4.78, 5) is 3.37. The van der Waals surface area contributed by atoms with Gasteiger partial charge in [-0.15, -0.1) is 0 Å². The molecule has 3 heteroatoms. The van der Waals surface area contributed by atoms with Crippen molar-refractivity contribution >= 4 is 0 Å². The summed E-state index contributed by atoms with van der Waals surface area (Å²) in [6, 6.07) is 0. The smallest absolute Gasteiger partial charge is 0.213 e. The van der Waals surface area contributed by atoms with Crippen LogP contribution in [0.1, 0.15) is 6.92 Å². The SMILES string of the molecule is C=CC(=C/C)/C(O)=C(\C=C)OF. The van der Waals surface area contributed by atoms with Crippen LogP contribution in [0, 0.1) is 0 Å². The van der Waals surface area contributed by atoms with E-state index in [0.29, 0.717) is 5.57 Å². The van der Waals surface area contributed by atoms with E-state index in [1.165, 1.54) is 6.08 Å². The molecule has 0 bridgehead atoms. The van der Waals surface area contributed by atoms with Crippen LogP contribution in [0.15, 0.2) is 48.5 Å². The number of halogens is 1. The fraction of sp³-hybridized carbons (Fsp3) is 0.111. The molecular weight excluding hydrogens is 159 g/mol. The first kappa shape index (κ1) is 10.5. The number of aliphatic hydroxyl groups is 1. The van der Waals surface area contributed by atoms with E-state index in [2.05, 4.69) is 18.1 Å². The lowest BCUT2D eigenvalue weighted by Crippen LogP contribution is -1.91. The molecule has 0 aromatic heterocycles. The van der Waals surface area contributed by atoms with Gasteiger partial charge in [0.05, 0.1) is 0 Å². The molecule has 0 rings (SSSR count). The van der Waals surface area contributed by atoms with Gasteiger partial charge in [-0.3, -0.25) is 4.94 Å². The molecule has 0 aliphatic rings. The average Bonchev–Trinajstić information content (AvgIpc) is 2.09. The number of hydrogen-bond acceptors (Lipinski definition) is 2. The zero-order valence-electron chi connectivity index (χ0n) is 6.88. The molecule has 0 saturated heterocycles. The van der Waals surface area contributed by atoms with Gasteiger partial charge in [0.15, 0.2) is 5.76 Å². The topological polar surface area (TPSA) is 29.5 Å². The van der Waals surface area contributed by atoms with Crippen molar-refractivity contribution in [1.82, 2.24) is 0 Å². The van der Waals surface area contributed by atoms with Gasteiger partial charge in [0.1, 0.15) is 0 Å². The van der Waals surface area contributed by atoms with Gasteiger partial charge >= 0.3 is 0 Å². The molecule has 0 heterocycles. The van der Waals surface area contributed by atoms with Gasteiger partial charge in [-0.2, -0.15) is 0 Å². The molecule has 0 spiro atoms. The molecule has 0 atom stereocenters. The number of allylic oxidation sites excluding steroid dienone is 3. The highest BCUT2D eigenvalue weighted by atomic mass is 19.3. The van der Waals surface area contributed by atoms with Crippen LogP contribution in [0.5, 0.6) is 0 Å². The van der Waals surface area contributed by atoms with Crippen LogP contribution < -0.4 is 0 Å². The van der Waals surface area contributed by atoms with Crippen molar-refractivity contribution in [3.05, 3.63) is 48.5 Å². The van der Waals surface area contributed by atoms with Gasteiger partial charge in [0.25, 0.3) is 0 Å². The Bertz CT molecular complexity index is 239. The zero-order chi connectivity index (χ0) is 9.56. The van der Waals surface area contributed by atoms with E-state index in [-0.39, 0.29) is 11.5 Å². The monoisotopic (exact) mass is 170 g/mol. The molecule has 0 unspecified atom stereocenters. The highest BCUT2D eigenvalue weighted by molar-refractivity contribution is 5.37. The van der Waals surface area contributed by atoms with Crippen molar-refractivity contribution in [2.45, 2.75) is 6.92 Å². The third-order valence-corrected chi connectivity index (χ3v) is 1.31. The second-order valence-corrected chi connectivity index (χ2v) is 1.94. The van der Waals surface area contributed by atoms with Crippen molar-refractivity contribution in [2.75, 3.05) is 0 Å². The summed E-state index contributed by atoms with van der Waals surface area (Å²) in [7, 11) is 0. The molecule has 1 N–H and O–H groups in total. The molecule has 0 fully saturated rings. The summed E-state index contributed by atoms with van der Waals surface area (Å²) in [6.45, 7) is 8.38. The number of rotatable bonds is 4. The van der Waals surface area contributed by atoms with E-state index < -0.39 is 0 Å². The number of hydrogen-bond donors (Lipinski definition) is 1. The minimum Gasteiger partial charge on any atom is -0.504 e. The standard InChI is InChI=1S/C9H11FO2/c1-4-7(5-2)9(11)8(6-3)12-10/h4-6,11H,1,3H2,2H3/b7-5-,9-8-. The maximum atomic E-state index is 11.7. The summed E-state index contributed by atoms with van der Waals surface area (Å²) >= 11 is 0. The molecule has 0 aliphatic carbocycles. The lowest BCUT2D eigenvalue weighted by atomic mass is 10.2. The molecule has 0 aromatic rings. The van der Waals surface area contributed by atoms with Crippen LogP contribution in [0.3, 0.4) is 0 Å².